The zero-order valence-corrected chi connectivity index (χ0v) is 13.9. The number of amides is 1. The molecule has 1 aromatic carbocycles. The third-order valence-corrected chi connectivity index (χ3v) is 3.73. The summed E-state index contributed by atoms with van der Waals surface area (Å²) >= 11 is 0. The summed E-state index contributed by atoms with van der Waals surface area (Å²) in [5.41, 5.74) is 0.920. The van der Waals surface area contributed by atoms with Crippen LogP contribution in [0.2, 0.25) is 0 Å². The number of hydrogen-bond donors (Lipinski definition) is 0. The molecule has 0 unspecified atom stereocenters. The number of ether oxygens (including phenoxy) is 1. The Kier molecular flexibility index (Phi) is 5.64. The van der Waals surface area contributed by atoms with Gasteiger partial charge in [0.05, 0.1) is 6.04 Å². The molecule has 1 fully saturated rings. The average Bonchev–Trinajstić information content (AvgIpc) is 2.91. The van der Waals surface area contributed by atoms with Crippen LogP contribution in [0.3, 0.4) is 0 Å². The lowest BCUT2D eigenvalue weighted by molar-refractivity contribution is 0.0256. The van der Waals surface area contributed by atoms with Crippen LogP contribution in [0.1, 0.15) is 45.6 Å². The lowest BCUT2D eigenvalue weighted by atomic mass is 10.1. The molecule has 0 radical (unpaired) electrons. The topological polar surface area (TPSA) is 29.5 Å². The first-order valence-corrected chi connectivity index (χ1v) is 8.16. The summed E-state index contributed by atoms with van der Waals surface area (Å²) in [4.78, 5) is 14.0. The van der Waals surface area contributed by atoms with Crippen molar-refractivity contribution in [3.8, 4) is 0 Å². The summed E-state index contributed by atoms with van der Waals surface area (Å²) in [5.74, 6) is 0. The van der Waals surface area contributed by atoms with Crippen molar-refractivity contribution < 1.29 is 9.53 Å². The fourth-order valence-corrected chi connectivity index (χ4v) is 2.69. The standard InChI is InChI=1S/C19H27NO2/c1-19(2,3)22-18(21)20-15-9-14-17(20)13-8-7-12-16-10-5-4-6-11-16/h4-6,8,10-11,13,17H,7,9,12,14-15H2,1-3H3/b13-8-/t17-/m1/s1. The Bertz CT molecular complexity index is 502. The molecule has 1 aliphatic heterocycles. The van der Waals surface area contributed by atoms with Crippen molar-refractivity contribution >= 4 is 6.09 Å². The average molecular weight is 301 g/mol. The predicted molar refractivity (Wildman–Crippen MR) is 89.9 cm³/mol. The van der Waals surface area contributed by atoms with E-state index in [1.54, 1.807) is 0 Å². The number of aryl methyl sites for hydroxylation is 1. The van der Waals surface area contributed by atoms with Gasteiger partial charge in [0.2, 0.25) is 0 Å². The van der Waals surface area contributed by atoms with E-state index in [9.17, 15) is 4.79 Å². The summed E-state index contributed by atoms with van der Waals surface area (Å²) < 4.78 is 5.48. The first-order chi connectivity index (χ1) is 10.5. The number of benzene rings is 1. The van der Waals surface area contributed by atoms with Crippen molar-refractivity contribution in [2.75, 3.05) is 6.54 Å². The second-order valence-electron chi connectivity index (χ2n) is 6.84. The molecule has 1 aliphatic rings. The molecule has 120 valence electrons. The van der Waals surface area contributed by atoms with E-state index in [-0.39, 0.29) is 12.1 Å². The van der Waals surface area contributed by atoms with E-state index in [0.29, 0.717) is 0 Å². The molecule has 1 amide bonds. The molecule has 3 heteroatoms. The van der Waals surface area contributed by atoms with E-state index < -0.39 is 5.60 Å². The molecule has 22 heavy (non-hydrogen) atoms. The third kappa shape index (κ3) is 5.21. The van der Waals surface area contributed by atoms with Crippen LogP contribution in [0.15, 0.2) is 42.5 Å². The zero-order valence-electron chi connectivity index (χ0n) is 13.9. The minimum absolute atomic E-state index is 0.186. The fraction of sp³-hybridized carbons (Fsp3) is 0.526. The van der Waals surface area contributed by atoms with Crippen LogP contribution in [0.25, 0.3) is 0 Å². The number of hydrogen-bond acceptors (Lipinski definition) is 2. The first-order valence-electron chi connectivity index (χ1n) is 8.16. The van der Waals surface area contributed by atoms with Gasteiger partial charge in [-0.2, -0.15) is 0 Å². The molecule has 2 rings (SSSR count). The number of allylic oxidation sites excluding steroid dienone is 1. The molecule has 0 aromatic heterocycles. The molecular weight excluding hydrogens is 274 g/mol. The Morgan fingerprint density at radius 2 is 2.05 bits per heavy atom. The van der Waals surface area contributed by atoms with Crippen molar-refractivity contribution in [1.29, 1.82) is 0 Å². The van der Waals surface area contributed by atoms with Crippen LogP contribution in [0.5, 0.6) is 0 Å². The van der Waals surface area contributed by atoms with E-state index in [4.69, 9.17) is 4.74 Å². The van der Waals surface area contributed by atoms with Crippen LogP contribution in [-0.4, -0.2) is 29.2 Å². The van der Waals surface area contributed by atoms with E-state index in [1.807, 2.05) is 31.7 Å². The van der Waals surface area contributed by atoms with Gasteiger partial charge < -0.3 is 9.64 Å². The molecule has 1 saturated heterocycles. The van der Waals surface area contributed by atoms with Crippen LogP contribution < -0.4 is 0 Å². The molecule has 0 N–H and O–H groups in total. The van der Waals surface area contributed by atoms with E-state index in [0.717, 1.165) is 32.2 Å². The number of carbonyl (C=O) groups is 1. The van der Waals surface area contributed by atoms with Crippen molar-refractivity contribution in [2.24, 2.45) is 0 Å². The molecule has 1 atom stereocenters. The minimum Gasteiger partial charge on any atom is -0.444 e. The molecule has 0 aliphatic carbocycles. The highest BCUT2D eigenvalue weighted by atomic mass is 16.6. The SMILES string of the molecule is CC(C)(C)OC(=O)N1CCC[C@H]1/C=C\CCc1ccccc1. The van der Waals surface area contributed by atoms with Gasteiger partial charge in [0.25, 0.3) is 0 Å². The molecule has 1 aromatic rings. The van der Waals surface area contributed by atoms with E-state index >= 15 is 0 Å². The summed E-state index contributed by atoms with van der Waals surface area (Å²) in [6.07, 6.45) is 8.29. The summed E-state index contributed by atoms with van der Waals surface area (Å²) in [6, 6.07) is 10.7. The zero-order chi connectivity index (χ0) is 16.0. The van der Waals surface area contributed by atoms with Gasteiger partial charge in [-0.05, 0) is 52.0 Å². The molecule has 1 heterocycles. The summed E-state index contributed by atoms with van der Waals surface area (Å²) in [6.45, 7) is 6.52. The van der Waals surface area contributed by atoms with Gasteiger partial charge >= 0.3 is 6.09 Å². The van der Waals surface area contributed by atoms with Crippen molar-refractivity contribution in [3.63, 3.8) is 0 Å². The van der Waals surface area contributed by atoms with Crippen molar-refractivity contribution in [3.05, 3.63) is 48.0 Å². The Hall–Kier alpha value is -1.77. The maximum atomic E-state index is 12.2. The van der Waals surface area contributed by atoms with Crippen LogP contribution >= 0.6 is 0 Å². The van der Waals surface area contributed by atoms with Gasteiger partial charge in [0, 0.05) is 6.54 Å². The monoisotopic (exact) mass is 301 g/mol. The molecule has 0 saturated carbocycles. The minimum atomic E-state index is -0.429. The van der Waals surface area contributed by atoms with Gasteiger partial charge in [-0.1, -0.05) is 42.5 Å². The van der Waals surface area contributed by atoms with Gasteiger partial charge in [-0.15, -0.1) is 0 Å². The Labute approximate surface area is 134 Å². The maximum absolute atomic E-state index is 12.2. The highest BCUT2D eigenvalue weighted by molar-refractivity contribution is 5.69. The third-order valence-electron chi connectivity index (χ3n) is 3.73. The van der Waals surface area contributed by atoms with E-state index in [1.165, 1.54) is 5.56 Å². The number of likely N-dealkylation sites (tertiary alicyclic amines) is 1. The Morgan fingerprint density at radius 3 is 2.73 bits per heavy atom. The summed E-state index contributed by atoms with van der Waals surface area (Å²) in [7, 11) is 0. The van der Waals surface area contributed by atoms with Crippen LogP contribution in [0, 0.1) is 0 Å². The lowest BCUT2D eigenvalue weighted by Crippen LogP contribution is -2.39. The second-order valence-corrected chi connectivity index (χ2v) is 6.84. The number of nitrogens with zero attached hydrogens (tertiary/aromatic N) is 1. The maximum Gasteiger partial charge on any atom is 0.410 e. The lowest BCUT2D eigenvalue weighted by Gasteiger charge is -2.27. The smallest absolute Gasteiger partial charge is 0.410 e. The predicted octanol–water partition coefficient (Wildman–Crippen LogP) is 4.57. The molecule has 3 nitrogen and oxygen atoms in total. The second kappa shape index (κ2) is 7.48. The highest BCUT2D eigenvalue weighted by Gasteiger charge is 2.30. The highest BCUT2D eigenvalue weighted by Crippen LogP contribution is 2.21. The Balaban J connectivity index is 1.83. The largest absolute Gasteiger partial charge is 0.444 e. The van der Waals surface area contributed by atoms with Gasteiger partial charge in [0.15, 0.2) is 0 Å². The van der Waals surface area contributed by atoms with Crippen molar-refractivity contribution in [2.45, 2.75) is 58.1 Å². The number of carbonyl (C=O) groups excluding carboxylic acids is 1. The van der Waals surface area contributed by atoms with Gasteiger partial charge in [-0.3, -0.25) is 0 Å². The quantitative estimate of drug-likeness (QED) is 0.762. The summed E-state index contributed by atoms with van der Waals surface area (Å²) in [5, 5.41) is 0. The Morgan fingerprint density at radius 1 is 1.32 bits per heavy atom. The molecular formula is C19H27NO2. The van der Waals surface area contributed by atoms with E-state index in [2.05, 4.69) is 36.4 Å². The molecule has 0 spiro atoms. The van der Waals surface area contributed by atoms with Crippen molar-refractivity contribution in [1.82, 2.24) is 4.90 Å². The normalized spacial score (nSPS) is 18.9. The fourth-order valence-electron chi connectivity index (χ4n) is 2.69. The van der Waals surface area contributed by atoms with Crippen LogP contribution in [0.4, 0.5) is 4.79 Å². The first kappa shape index (κ1) is 16.6. The number of rotatable bonds is 4. The molecule has 0 bridgehead atoms. The van der Waals surface area contributed by atoms with Gasteiger partial charge in [-0.25, -0.2) is 4.79 Å². The van der Waals surface area contributed by atoms with Gasteiger partial charge in [0.1, 0.15) is 5.60 Å². The van der Waals surface area contributed by atoms with Crippen LogP contribution in [-0.2, 0) is 11.2 Å².